The highest BCUT2D eigenvalue weighted by atomic mass is 16.2. The molecule has 7 nitrogen and oxygen atoms in total. The molecule has 2 rings (SSSR count). The Morgan fingerprint density at radius 2 is 1.83 bits per heavy atom. The van der Waals surface area contributed by atoms with Crippen LogP contribution in [0.15, 0.2) is 58.4 Å². The number of nitrogens with zero attached hydrogens (tertiary/aromatic N) is 3. The molecular formula is C17H18N4O3. The number of ketones is 2. The van der Waals surface area contributed by atoms with Crippen LogP contribution < -0.4 is 5.32 Å². The number of urea groups is 1. The first-order valence-electron chi connectivity index (χ1n) is 7.42. The first kappa shape index (κ1) is 17.3. The van der Waals surface area contributed by atoms with Crippen LogP contribution in [0.1, 0.15) is 12.0 Å². The molecule has 1 aromatic carbocycles. The molecule has 1 aliphatic rings. The summed E-state index contributed by atoms with van der Waals surface area (Å²) in [5.74, 6) is -1.07. The maximum absolute atomic E-state index is 11.9. The monoisotopic (exact) mass is 326 g/mol. The maximum Gasteiger partial charge on any atom is 0.338 e. The van der Waals surface area contributed by atoms with E-state index in [1.54, 1.807) is 6.08 Å². The van der Waals surface area contributed by atoms with Gasteiger partial charge in [-0.3, -0.25) is 9.59 Å². The fraction of sp³-hybridized carbons (Fsp3) is 0.235. The Morgan fingerprint density at radius 3 is 2.50 bits per heavy atom. The van der Waals surface area contributed by atoms with E-state index in [-0.39, 0.29) is 0 Å². The molecule has 1 aliphatic carbocycles. The van der Waals surface area contributed by atoms with Gasteiger partial charge >= 0.3 is 6.03 Å². The molecule has 0 radical (unpaired) electrons. The minimum atomic E-state index is -0.539. The highest BCUT2D eigenvalue weighted by molar-refractivity contribution is 6.46. The zero-order chi connectivity index (χ0) is 17.5. The molecule has 1 aromatic rings. The summed E-state index contributed by atoms with van der Waals surface area (Å²) in [6.45, 7) is 2.29. The number of carbonyl (C=O) groups excluding carboxylic acids is 3. The lowest BCUT2D eigenvalue weighted by Crippen LogP contribution is -2.34. The van der Waals surface area contributed by atoms with Gasteiger partial charge in [0.15, 0.2) is 0 Å². The third-order valence-corrected chi connectivity index (χ3v) is 3.32. The van der Waals surface area contributed by atoms with Gasteiger partial charge in [-0.15, -0.1) is 5.11 Å². The van der Waals surface area contributed by atoms with Crippen LogP contribution in [-0.2, 0) is 9.59 Å². The van der Waals surface area contributed by atoms with Crippen LogP contribution in [0, 0.1) is 6.92 Å². The minimum absolute atomic E-state index is 0.320. The summed E-state index contributed by atoms with van der Waals surface area (Å²) >= 11 is 0. The van der Waals surface area contributed by atoms with Crippen molar-refractivity contribution in [2.45, 2.75) is 13.3 Å². The Kier molecular flexibility index (Phi) is 5.73. The van der Waals surface area contributed by atoms with Crippen molar-refractivity contribution in [3.63, 3.8) is 0 Å². The first-order valence-corrected chi connectivity index (χ1v) is 7.42. The predicted octanol–water partition coefficient (Wildman–Crippen LogP) is 2.66. The highest BCUT2D eigenvalue weighted by Gasteiger charge is 2.13. The molecule has 0 unspecified atom stereocenters. The smallest absolute Gasteiger partial charge is 0.336 e. The van der Waals surface area contributed by atoms with E-state index in [1.807, 2.05) is 31.2 Å². The standard InChI is InChI=1S/C17H18N4O3/c1-12-3-6-14(7-4-12)19-20-21(2)17(24)18-10-9-13-5-8-15(22)16(23)11-13/h3-8,11H,9-10H2,1-2H3,(H,18,24). The van der Waals surface area contributed by atoms with E-state index in [4.69, 9.17) is 0 Å². The van der Waals surface area contributed by atoms with Gasteiger partial charge in [0.2, 0.25) is 11.6 Å². The van der Waals surface area contributed by atoms with Gasteiger partial charge in [0.25, 0.3) is 0 Å². The van der Waals surface area contributed by atoms with Crippen molar-refractivity contribution in [2.24, 2.45) is 10.3 Å². The molecule has 0 spiro atoms. The molecule has 0 bridgehead atoms. The van der Waals surface area contributed by atoms with Crippen molar-refractivity contribution in [1.29, 1.82) is 0 Å². The lowest BCUT2D eigenvalue weighted by atomic mass is 10.0. The Labute approximate surface area is 139 Å². The molecule has 7 heteroatoms. The largest absolute Gasteiger partial charge is 0.338 e. The van der Waals surface area contributed by atoms with Gasteiger partial charge in [-0.1, -0.05) is 29.0 Å². The van der Waals surface area contributed by atoms with Crippen LogP contribution in [0.25, 0.3) is 0 Å². The van der Waals surface area contributed by atoms with E-state index in [1.165, 1.54) is 19.2 Å². The number of aryl methyl sites for hydroxylation is 1. The summed E-state index contributed by atoms with van der Waals surface area (Å²) in [5, 5.41) is 11.6. The zero-order valence-electron chi connectivity index (χ0n) is 13.5. The van der Waals surface area contributed by atoms with Crippen molar-refractivity contribution in [3.05, 3.63) is 53.6 Å². The number of allylic oxidation sites excluding steroid dienone is 3. The summed E-state index contributed by atoms with van der Waals surface area (Å²) in [4.78, 5) is 34.2. The normalized spacial score (nSPS) is 14.0. The maximum atomic E-state index is 11.9. The summed E-state index contributed by atoms with van der Waals surface area (Å²) in [6.07, 6.45) is 4.55. The SMILES string of the molecule is Cc1ccc(N=NN(C)C(=O)NCCC2=CC(=O)C(=O)C=C2)cc1. The molecule has 0 heterocycles. The van der Waals surface area contributed by atoms with Crippen molar-refractivity contribution in [2.75, 3.05) is 13.6 Å². The van der Waals surface area contributed by atoms with E-state index >= 15 is 0 Å². The Morgan fingerprint density at radius 1 is 1.12 bits per heavy atom. The van der Waals surface area contributed by atoms with E-state index in [2.05, 4.69) is 15.7 Å². The van der Waals surface area contributed by atoms with Gasteiger partial charge in [-0.25, -0.2) is 4.79 Å². The molecule has 2 amide bonds. The zero-order valence-corrected chi connectivity index (χ0v) is 13.5. The second kappa shape index (κ2) is 7.96. The van der Waals surface area contributed by atoms with Crippen LogP contribution in [0.3, 0.4) is 0 Å². The van der Waals surface area contributed by atoms with Gasteiger partial charge in [0.05, 0.1) is 5.69 Å². The average molecular weight is 326 g/mol. The lowest BCUT2D eigenvalue weighted by molar-refractivity contribution is -0.131. The van der Waals surface area contributed by atoms with Gasteiger partial charge in [-0.05, 0) is 43.2 Å². The molecule has 0 saturated heterocycles. The van der Waals surface area contributed by atoms with Crippen LogP contribution in [-0.4, -0.2) is 36.2 Å². The number of amides is 2. The third-order valence-electron chi connectivity index (χ3n) is 3.32. The highest BCUT2D eigenvalue weighted by Crippen LogP contribution is 2.13. The summed E-state index contributed by atoms with van der Waals surface area (Å²) in [7, 11) is 1.50. The van der Waals surface area contributed by atoms with Crippen molar-refractivity contribution in [1.82, 2.24) is 10.3 Å². The van der Waals surface area contributed by atoms with Gasteiger partial charge < -0.3 is 5.32 Å². The minimum Gasteiger partial charge on any atom is -0.336 e. The second-order valence-electron chi connectivity index (χ2n) is 5.31. The number of benzene rings is 1. The van der Waals surface area contributed by atoms with Gasteiger partial charge in [0, 0.05) is 13.6 Å². The summed E-state index contributed by atoms with van der Waals surface area (Å²) in [5.41, 5.74) is 2.47. The number of hydrogen-bond acceptors (Lipinski definition) is 5. The lowest BCUT2D eigenvalue weighted by Gasteiger charge is -2.12. The molecule has 0 fully saturated rings. The third kappa shape index (κ3) is 4.98. The van der Waals surface area contributed by atoms with Crippen molar-refractivity contribution in [3.8, 4) is 0 Å². The quantitative estimate of drug-likeness (QED) is 0.390. The summed E-state index contributed by atoms with van der Waals surface area (Å²) in [6, 6.07) is 7.03. The van der Waals surface area contributed by atoms with Crippen LogP contribution in [0.4, 0.5) is 10.5 Å². The fourth-order valence-electron chi connectivity index (χ4n) is 1.91. The van der Waals surface area contributed by atoms with Crippen LogP contribution in [0.2, 0.25) is 0 Å². The van der Waals surface area contributed by atoms with E-state index in [0.29, 0.717) is 24.2 Å². The molecule has 24 heavy (non-hydrogen) atoms. The number of carbonyl (C=O) groups is 3. The molecule has 124 valence electrons. The molecule has 1 N–H and O–H groups in total. The molecule has 0 aliphatic heterocycles. The molecule has 0 aromatic heterocycles. The van der Waals surface area contributed by atoms with Crippen molar-refractivity contribution >= 4 is 23.3 Å². The average Bonchev–Trinajstić information content (AvgIpc) is 2.57. The van der Waals surface area contributed by atoms with Gasteiger partial charge in [-0.2, -0.15) is 5.01 Å². The first-order chi connectivity index (χ1) is 11.5. The topological polar surface area (TPSA) is 91.2 Å². The van der Waals surface area contributed by atoms with Gasteiger partial charge in [0.1, 0.15) is 0 Å². The number of hydrogen-bond donors (Lipinski definition) is 1. The predicted molar refractivity (Wildman–Crippen MR) is 88.7 cm³/mol. The fourth-order valence-corrected chi connectivity index (χ4v) is 1.91. The van der Waals surface area contributed by atoms with Crippen LogP contribution >= 0.6 is 0 Å². The van der Waals surface area contributed by atoms with Crippen molar-refractivity contribution < 1.29 is 14.4 Å². The Bertz CT molecular complexity index is 733. The Balaban J connectivity index is 1.79. The molecule has 0 saturated carbocycles. The van der Waals surface area contributed by atoms with E-state index < -0.39 is 17.6 Å². The van der Waals surface area contributed by atoms with Crippen LogP contribution in [0.5, 0.6) is 0 Å². The second-order valence-corrected chi connectivity index (χ2v) is 5.31. The number of nitrogens with one attached hydrogen (secondary N) is 1. The Hall–Kier alpha value is -3.09. The van der Waals surface area contributed by atoms with E-state index in [0.717, 1.165) is 10.6 Å². The molecule has 0 atom stereocenters. The summed E-state index contributed by atoms with van der Waals surface area (Å²) < 4.78 is 0. The number of rotatable bonds is 5. The molecular weight excluding hydrogens is 308 g/mol. The van der Waals surface area contributed by atoms with E-state index in [9.17, 15) is 14.4 Å².